The standard InChI is InChI=1S/C16H25N5S2/c1-11-12(2)23-15(20-11)10-19-16(17-3)18-9-13(21(4)5)14-7-6-8-22-14/h6-8,13H,9-10H2,1-5H3,(H2,17,18,19). The highest BCUT2D eigenvalue weighted by Gasteiger charge is 2.15. The fraction of sp³-hybridized carbons (Fsp3) is 0.500. The lowest BCUT2D eigenvalue weighted by Gasteiger charge is -2.24. The number of aryl methyl sites for hydroxylation is 2. The van der Waals surface area contributed by atoms with Gasteiger partial charge in [0.2, 0.25) is 0 Å². The summed E-state index contributed by atoms with van der Waals surface area (Å²) in [5.41, 5.74) is 1.11. The molecule has 2 rings (SSSR count). The van der Waals surface area contributed by atoms with E-state index in [9.17, 15) is 0 Å². The smallest absolute Gasteiger partial charge is 0.191 e. The number of rotatable bonds is 6. The van der Waals surface area contributed by atoms with Gasteiger partial charge >= 0.3 is 0 Å². The van der Waals surface area contributed by atoms with Crippen LogP contribution in [0.1, 0.15) is 26.5 Å². The summed E-state index contributed by atoms with van der Waals surface area (Å²) in [6.07, 6.45) is 0. The summed E-state index contributed by atoms with van der Waals surface area (Å²) in [6.45, 7) is 5.66. The van der Waals surface area contributed by atoms with Crippen LogP contribution in [0.5, 0.6) is 0 Å². The number of thiazole rings is 1. The van der Waals surface area contributed by atoms with E-state index in [0.717, 1.165) is 23.2 Å². The van der Waals surface area contributed by atoms with Gasteiger partial charge in [0.15, 0.2) is 5.96 Å². The van der Waals surface area contributed by atoms with Crippen molar-refractivity contribution < 1.29 is 0 Å². The van der Waals surface area contributed by atoms with Gasteiger partial charge in [-0.3, -0.25) is 4.99 Å². The second-order valence-corrected chi connectivity index (χ2v) is 7.82. The summed E-state index contributed by atoms with van der Waals surface area (Å²) in [4.78, 5) is 13.7. The molecular weight excluding hydrogens is 326 g/mol. The molecule has 2 heterocycles. The number of hydrogen-bond acceptors (Lipinski definition) is 5. The van der Waals surface area contributed by atoms with Crippen molar-refractivity contribution in [1.29, 1.82) is 0 Å². The maximum Gasteiger partial charge on any atom is 0.191 e. The highest BCUT2D eigenvalue weighted by Crippen LogP contribution is 2.22. The first-order valence-corrected chi connectivity index (χ1v) is 9.28. The molecule has 1 atom stereocenters. The summed E-state index contributed by atoms with van der Waals surface area (Å²) in [6, 6.07) is 4.60. The number of likely N-dealkylation sites (N-methyl/N-ethyl adjacent to an activating group) is 1. The summed E-state index contributed by atoms with van der Waals surface area (Å²) in [7, 11) is 6.00. The van der Waals surface area contributed by atoms with E-state index in [4.69, 9.17) is 0 Å². The molecule has 5 nitrogen and oxygen atoms in total. The third-order valence-corrected chi connectivity index (χ3v) is 5.71. The highest BCUT2D eigenvalue weighted by atomic mass is 32.1. The number of thiophene rings is 1. The molecular formula is C16H25N5S2. The largest absolute Gasteiger partial charge is 0.354 e. The fourth-order valence-electron chi connectivity index (χ4n) is 2.21. The summed E-state index contributed by atoms with van der Waals surface area (Å²) in [5, 5.41) is 9.95. The van der Waals surface area contributed by atoms with Crippen LogP contribution in [0.15, 0.2) is 22.5 Å². The predicted molar refractivity (Wildman–Crippen MR) is 101 cm³/mol. The third-order valence-electron chi connectivity index (χ3n) is 3.66. The molecule has 0 saturated heterocycles. The molecule has 0 fully saturated rings. The monoisotopic (exact) mass is 351 g/mol. The van der Waals surface area contributed by atoms with Gasteiger partial charge in [0.25, 0.3) is 0 Å². The lowest BCUT2D eigenvalue weighted by molar-refractivity contribution is 0.302. The molecule has 126 valence electrons. The Morgan fingerprint density at radius 3 is 2.65 bits per heavy atom. The van der Waals surface area contributed by atoms with Gasteiger partial charge in [-0.15, -0.1) is 22.7 Å². The molecule has 0 amide bonds. The van der Waals surface area contributed by atoms with E-state index in [2.05, 4.69) is 64.0 Å². The van der Waals surface area contributed by atoms with Crippen LogP contribution in [0.4, 0.5) is 0 Å². The average molecular weight is 352 g/mol. The Bertz CT molecular complexity index is 611. The van der Waals surface area contributed by atoms with E-state index in [1.54, 1.807) is 29.7 Å². The van der Waals surface area contributed by atoms with Crippen LogP contribution in [0.25, 0.3) is 0 Å². The molecule has 0 aliphatic heterocycles. The summed E-state index contributed by atoms with van der Waals surface area (Å²) >= 11 is 3.51. The van der Waals surface area contributed by atoms with E-state index >= 15 is 0 Å². The van der Waals surface area contributed by atoms with Crippen LogP contribution >= 0.6 is 22.7 Å². The third kappa shape index (κ3) is 5.02. The number of nitrogens with zero attached hydrogens (tertiary/aromatic N) is 3. The van der Waals surface area contributed by atoms with Gasteiger partial charge < -0.3 is 15.5 Å². The van der Waals surface area contributed by atoms with Crippen molar-refractivity contribution >= 4 is 28.6 Å². The molecule has 0 saturated carbocycles. The first kappa shape index (κ1) is 17.9. The SMILES string of the molecule is CN=C(NCc1nc(C)c(C)s1)NCC(c1cccs1)N(C)C. The molecule has 0 aliphatic carbocycles. The van der Waals surface area contributed by atoms with Crippen molar-refractivity contribution in [2.75, 3.05) is 27.7 Å². The predicted octanol–water partition coefficient (Wildman–Crippen LogP) is 2.79. The van der Waals surface area contributed by atoms with Gasteiger partial charge in [0.05, 0.1) is 18.3 Å². The number of hydrogen-bond donors (Lipinski definition) is 2. The molecule has 2 N–H and O–H groups in total. The highest BCUT2D eigenvalue weighted by molar-refractivity contribution is 7.11. The first-order chi connectivity index (χ1) is 11.0. The molecule has 7 heteroatoms. The maximum absolute atomic E-state index is 4.55. The summed E-state index contributed by atoms with van der Waals surface area (Å²) < 4.78 is 0. The molecule has 0 aromatic carbocycles. The average Bonchev–Trinajstić information content (AvgIpc) is 3.13. The van der Waals surface area contributed by atoms with Gasteiger partial charge in [0, 0.05) is 23.3 Å². The Kier molecular flexibility index (Phi) is 6.56. The molecule has 1 unspecified atom stereocenters. The van der Waals surface area contributed by atoms with Gasteiger partial charge in [-0.25, -0.2) is 4.98 Å². The van der Waals surface area contributed by atoms with Crippen LogP contribution in [0.2, 0.25) is 0 Å². The Morgan fingerprint density at radius 1 is 1.35 bits per heavy atom. The molecule has 23 heavy (non-hydrogen) atoms. The minimum Gasteiger partial charge on any atom is -0.354 e. The minimum atomic E-state index is 0.331. The maximum atomic E-state index is 4.55. The number of aromatic nitrogens is 1. The van der Waals surface area contributed by atoms with Crippen LogP contribution < -0.4 is 10.6 Å². The second-order valence-electron chi connectivity index (χ2n) is 5.55. The zero-order chi connectivity index (χ0) is 16.8. The number of nitrogens with one attached hydrogen (secondary N) is 2. The van der Waals surface area contributed by atoms with Crippen molar-refractivity contribution in [1.82, 2.24) is 20.5 Å². The molecule has 2 aromatic heterocycles. The lowest BCUT2D eigenvalue weighted by Crippen LogP contribution is -2.41. The number of guanidine groups is 1. The van der Waals surface area contributed by atoms with E-state index < -0.39 is 0 Å². The van der Waals surface area contributed by atoms with Crippen LogP contribution in [-0.4, -0.2) is 43.5 Å². The molecule has 2 aromatic rings. The number of aliphatic imine (C=N–C) groups is 1. The molecule has 0 bridgehead atoms. The Hall–Kier alpha value is -1.44. The van der Waals surface area contributed by atoms with Gasteiger partial charge in [0.1, 0.15) is 5.01 Å². The Morgan fingerprint density at radius 2 is 2.13 bits per heavy atom. The Labute approximate surface area is 146 Å². The van der Waals surface area contributed by atoms with E-state index in [0.29, 0.717) is 12.6 Å². The molecule has 0 radical (unpaired) electrons. The van der Waals surface area contributed by atoms with Crippen LogP contribution in [0, 0.1) is 13.8 Å². The molecule has 0 aliphatic rings. The van der Waals surface area contributed by atoms with Gasteiger partial charge in [-0.1, -0.05) is 6.07 Å². The van der Waals surface area contributed by atoms with E-state index in [-0.39, 0.29) is 0 Å². The zero-order valence-corrected chi connectivity index (χ0v) is 16.0. The zero-order valence-electron chi connectivity index (χ0n) is 14.4. The lowest BCUT2D eigenvalue weighted by atomic mass is 10.2. The van der Waals surface area contributed by atoms with Crippen molar-refractivity contribution in [3.05, 3.63) is 38.0 Å². The van der Waals surface area contributed by atoms with Crippen LogP contribution in [0.3, 0.4) is 0 Å². The normalized spacial score (nSPS) is 13.4. The minimum absolute atomic E-state index is 0.331. The molecule has 0 spiro atoms. The van der Waals surface area contributed by atoms with Crippen molar-refractivity contribution in [3.8, 4) is 0 Å². The van der Waals surface area contributed by atoms with Crippen molar-refractivity contribution in [2.24, 2.45) is 4.99 Å². The van der Waals surface area contributed by atoms with E-state index in [1.807, 2.05) is 6.92 Å². The fourth-order valence-corrected chi connectivity index (χ4v) is 4.00. The summed E-state index contributed by atoms with van der Waals surface area (Å²) in [5.74, 6) is 0.805. The van der Waals surface area contributed by atoms with Crippen LogP contribution in [-0.2, 0) is 6.54 Å². The first-order valence-electron chi connectivity index (χ1n) is 7.58. The Balaban J connectivity index is 1.89. The quantitative estimate of drug-likeness (QED) is 0.621. The van der Waals surface area contributed by atoms with E-state index in [1.165, 1.54) is 9.75 Å². The van der Waals surface area contributed by atoms with Gasteiger partial charge in [-0.05, 0) is 39.4 Å². The second kappa shape index (κ2) is 8.42. The topological polar surface area (TPSA) is 52.6 Å². The van der Waals surface area contributed by atoms with Gasteiger partial charge in [-0.2, -0.15) is 0 Å². The van der Waals surface area contributed by atoms with Crippen molar-refractivity contribution in [3.63, 3.8) is 0 Å². The van der Waals surface area contributed by atoms with Crippen molar-refractivity contribution in [2.45, 2.75) is 26.4 Å².